The number of rotatable bonds is 1. The highest BCUT2D eigenvalue weighted by Gasteiger charge is 2.24. The molecule has 1 aromatic carbocycles. The van der Waals surface area contributed by atoms with E-state index in [0.29, 0.717) is 5.92 Å². The number of hydrogen-bond donors (Lipinski definition) is 0. The van der Waals surface area contributed by atoms with Gasteiger partial charge in [-0.3, -0.25) is 0 Å². The van der Waals surface area contributed by atoms with Crippen LogP contribution < -0.4 is 4.74 Å². The van der Waals surface area contributed by atoms with Crippen molar-refractivity contribution in [3.63, 3.8) is 0 Å². The second-order valence-corrected chi connectivity index (χ2v) is 4.15. The predicted molar refractivity (Wildman–Crippen MR) is 54.6 cm³/mol. The van der Waals surface area contributed by atoms with Crippen LogP contribution in [0.3, 0.4) is 0 Å². The number of fused-ring (bicyclic) bond motifs is 1. The van der Waals surface area contributed by atoms with Gasteiger partial charge < -0.3 is 4.74 Å². The van der Waals surface area contributed by atoms with Crippen LogP contribution in [-0.2, 0) is 0 Å². The predicted octanol–water partition coefficient (Wildman–Crippen LogP) is 3.18. The van der Waals surface area contributed by atoms with Gasteiger partial charge in [-0.1, -0.05) is 18.2 Å². The summed E-state index contributed by atoms with van der Waals surface area (Å²) < 4.78 is 5.55. The fourth-order valence-electron chi connectivity index (χ4n) is 1.85. The molecule has 0 fully saturated rings. The average molecular weight is 197 g/mol. The molecule has 70 valence electrons. The molecule has 0 spiro atoms. The van der Waals surface area contributed by atoms with Gasteiger partial charge in [0.15, 0.2) is 0 Å². The second-order valence-electron chi connectivity index (χ2n) is 3.46. The van der Waals surface area contributed by atoms with Crippen LogP contribution in [0.2, 0.25) is 0 Å². The summed E-state index contributed by atoms with van der Waals surface area (Å²) in [6.45, 7) is 2.84. The lowest BCUT2D eigenvalue weighted by atomic mass is 9.91. The van der Waals surface area contributed by atoms with Gasteiger partial charge in [-0.15, -0.1) is 11.6 Å². The largest absolute Gasteiger partial charge is 0.493 e. The Bertz CT molecular complexity index is 296. The lowest BCUT2D eigenvalue weighted by Crippen LogP contribution is -2.19. The summed E-state index contributed by atoms with van der Waals surface area (Å²) in [4.78, 5) is 0. The maximum Gasteiger partial charge on any atom is 0.122 e. The Morgan fingerprint density at radius 2 is 2.23 bits per heavy atom. The molecule has 0 N–H and O–H groups in total. The van der Waals surface area contributed by atoms with Crippen LogP contribution in [0.4, 0.5) is 0 Å². The average Bonchev–Trinajstić information content (AvgIpc) is 2.17. The van der Waals surface area contributed by atoms with Gasteiger partial charge in [-0.25, -0.2) is 0 Å². The molecule has 0 saturated carbocycles. The van der Waals surface area contributed by atoms with E-state index in [2.05, 4.69) is 6.07 Å². The van der Waals surface area contributed by atoms with Crippen LogP contribution >= 0.6 is 11.6 Å². The molecule has 2 atom stereocenters. The van der Waals surface area contributed by atoms with Gasteiger partial charge in [0.2, 0.25) is 0 Å². The Balaban J connectivity index is 2.37. The van der Waals surface area contributed by atoms with Gasteiger partial charge in [0, 0.05) is 11.3 Å². The zero-order chi connectivity index (χ0) is 9.26. The van der Waals surface area contributed by atoms with Crippen molar-refractivity contribution in [2.75, 3.05) is 6.61 Å². The maximum absolute atomic E-state index is 6.13. The second kappa shape index (κ2) is 3.59. The Hall–Kier alpha value is -0.690. The smallest absolute Gasteiger partial charge is 0.122 e. The summed E-state index contributed by atoms with van der Waals surface area (Å²) >= 11 is 6.13. The van der Waals surface area contributed by atoms with Crippen molar-refractivity contribution in [3.8, 4) is 5.75 Å². The van der Waals surface area contributed by atoms with E-state index in [-0.39, 0.29) is 5.38 Å². The Kier molecular flexibility index (Phi) is 2.45. The molecular weight excluding hydrogens is 184 g/mol. The summed E-state index contributed by atoms with van der Waals surface area (Å²) in [5.41, 5.74) is 1.26. The standard InChI is InChI=1S/C11H13ClO/c1-8(12)9-6-7-13-11-5-3-2-4-10(9)11/h2-5,8-9H,6-7H2,1H3. The van der Waals surface area contributed by atoms with Crippen molar-refractivity contribution < 1.29 is 4.74 Å². The zero-order valence-corrected chi connectivity index (χ0v) is 8.42. The molecule has 0 bridgehead atoms. The van der Waals surface area contributed by atoms with Gasteiger partial charge >= 0.3 is 0 Å². The topological polar surface area (TPSA) is 9.23 Å². The molecule has 0 aliphatic carbocycles. The summed E-state index contributed by atoms with van der Waals surface area (Å²) in [7, 11) is 0. The van der Waals surface area contributed by atoms with E-state index in [4.69, 9.17) is 16.3 Å². The molecule has 1 aliphatic rings. The van der Waals surface area contributed by atoms with E-state index in [1.807, 2.05) is 25.1 Å². The first-order valence-electron chi connectivity index (χ1n) is 4.65. The SMILES string of the molecule is CC(Cl)C1CCOc2ccccc21. The van der Waals surface area contributed by atoms with E-state index in [0.717, 1.165) is 18.8 Å². The molecule has 13 heavy (non-hydrogen) atoms. The number of halogens is 1. The first kappa shape index (κ1) is 8.89. The summed E-state index contributed by atoms with van der Waals surface area (Å²) in [6.07, 6.45) is 1.03. The molecule has 2 unspecified atom stereocenters. The van der Waals surface area contributed by atoms with Crippen LogP contribution in [0.25, 0.3) is 0 Å². The molecule has 0 amide bonds. The third-order valence-corrected chi connectivity index (χ3v) is 2.86. The van der Waals surface area contributed by atoms with Gasteiger partial charge in [0.05, 0.1) is 6.61 Å². The van der Waals surface area contributed by atoms with Crippen LogP contribution in [0, 0.1) is 0 Å². The van der Waals surface area contributed by atoms with Gasteiger partial charge in [0.1, 0.15) is 5.75 Å². The number of ether oxygens (including phenoxy) is 1. The molecule has 1 nitrogen and oxygen atoms in total. The van der Waals surface area contributed by atoms with Crippen molar-refractivity contribution in [3.05, 3.63) is 29.8 Å². The van der Waals surface area contributed by atoms with Crippen LogP contribution in [0.1, 0.15) is 24.8 Å². The molecule has 0 radical (unpaired) electrons. The molecular formula is C11H13ClO. The summed E-state index contributed by atoms with van der Waals surface area (Å²) in [5, 5.41) is 0.185. The maximum atomic E-state index is 6.13. The van der Waals surface area contributed by atoms with E-state index < -0.39 is 0 Å². The molecule has 1 heterocycles. The highest BCUT2D eigenvalue weighted by molar-refractivity contribution is 6.20. The van der Waals surface area contributed by atoms with Crippen LogP contribution in [0.5, 0.6) is 5.75 Å². The summed E-state index contributed by atoms with van der Waals surface area (Å²) in [6, 6.07) is 8.17. The molecule has 0 saturated heterocycles. The Morgan fingerprint density at radius 3 is 3.00 bits per heavy atom. The fraction of sp³-hybridized carbons (Fsp3) is 0.455. The number of benzene rings is 1. The highest BCUT2D eigenvalue weighted by atomic mass is 35.5. The van der Waals surface area contributed by atoms with Crippen LogP contribution in [0.15, 0.2) is 24.3 Å². The normalized spacial score (nSPS) is 23.1. The molecule has 0 aromatic heterocycles. The minimum Gasteiger partial charge on any atom is -0.493 e. The van der Waals surface area contributed by atoms with Crippen molar-refractivity contribution in [1.29, 1.82) is 0 Å². The van der Waals surface area contributed by atoms with Crippen molar-refractivity contribution in [2.24, 2.45) is 0 Å². The number of para-hydroxylation sites is 1. The lowest BCUT2D eigenvalue weighted by molar-refractivity contribution is 0.266. The number of alkyl halides is 1. The molecule has 1 aromatic rings. The number of hydrogen-bond acceptors (Lipinski definition) is 1. The molecule has 1 aliphatic heterocycles. The van der Waals surface area contributed by atoms with E-state index in [1.165, 1.54) is 5.56 Å². The minimum absolute atomic E-state index is 0.185. The first-order valence-corrected chi connectivity index (χ1v) is 5.08. The van der Waals surface area contributed by atoms with Crippen molar-refractivity contribution in [1.82, 2.24) is 0 Å². The van der Waals surface area contributed by atoms with E-state index >= 15 is 0 Å². The fourth-order valence-corrected chi connectivity index (χ4v) is 2.11. The lowest BCUT2D eigenvalue weighted by Gasteiger charge is -2.27. The first-order chi connectivity index (χ1) is 6.29. The van der Waals surface area contributed by atoms with Gasteiger partial charge in [-0.05, 0) is 25.0 Å². The van der Waals surface area contributed by atoms with E-state index in [1.54, 1.807) is 0 Å². The molecule has 2 rings (SSSR count). The van der Waals surface area contributed by atoms with E-state index in [9.17, 15) is 0 Å². The van der Waals surface area contributed by atoms with Crippen molar-refractivity contribution in [2.45, 2.75) is 24.6 Å². The van der Waals surface area contributed by atoms with Gasteiger partial charge in [0.25, 0.3) is 0 Å². The Labute approximate surface area is 83.7 Å². The minimum atomic E-state index is 0.185. The summed E-state index contributed by atoms with van der Waals surface area (Å²) in [5.74, 6) is 1.46. The monoisotopic (exact) mass is 196 g/mol. The Morgan fingerprint density at radius 1 is 1.46 bits per heavy atom. The third-order valence-electron chi connectivity index (χ3n) is 2.56. The molecule has 2 heteroatoms. The quantitative estimate of drug-likeness (QED) is 0.627. The highest BCUT2D eigenvalue weighted by Crippen LogP contribution is 2.36. The van der Waals surface area contributed by atoms with Gasteiger partial charge in [-0.2, -0.15) is 0 Å². The zero-order valence-electron chi connectivity index (χ0n) is 7.66. The third kappa shape index (κ3) is 1.66. The van der Waals surface area contributed by atoms with Crippen molar-refractivity contribution >= 4 is 11.6 Å². The van der Waals surface area contributed by atoms with Crippen LogP contribution in [-0.4, -0.2) is 12.0 Å².